The Hall–Kier alpha value is -3.81. The average molecular weight is 444 g/mol. The summed E-state index contributed by atoms with van der Waals surface area (Å²) in [7, 11) is 0. The Bertz CT molecular complexity index is 1270. The number of carbonyl (C=O) groups is 2. The molecule has 0 unspecified atom stereocenters. The van der Waals surface area contributed by atoms with Crippen molar-refractivity contribution in [3.8, 4) is 22.4 Å². The summed E-state index contributed by atoms with van der Waals surface area (Å²) in [6.07, 6.45) is 0.822. The number of nitrogens with one attached hydrogen (secondary N) is 1. The fourth-order valence-electron chi connectivity index (χ4n) is 3.46. The normalized spacial score (nSPS) is 10.7. The molecule has 32 heavy (non-hydrogen) atoms. The minimum Gasteiger partial charge on any atom is -0.478 e. The van der Waals surface area contributed by atoms with Crippen LogP contribution in [0.3, 0.4) is 0 Å². The molecule has 0 atom stereocenters. The molecule has 0 saturated heterocycles. The Kier molecular flexibility index (Phi) is 6.39. The molecule has 3 aromatic carbocycles. The molecule has 1 aromatic heterocycles. The third-order valence-corrected chi connectivity index (χ3v) is 5.78. The van der Waals surface area contributed by atoms with E-state index in [-0.39, 0.29) is 11.5 Å². The predicted octanol–water partition coefficient (Wildman–Crippen LogP) is 4.93. The standard InChI is InChI=1S/C25H21N3O3S/c26-14-13-16-9-11-17(12-10-16)22-15-32-25(27-22)28-23(29)20-7-3-1-5-18(20)19-6-2-4-8-21(19)24(30)31/h1-12,15H,13-14,26H2,(H,30,31)(H,27,28,29). The van der Waals surface area contributed by atoms with Crippen molar-refractivity contribution in [2.75, 3.05) is 11.9 Å². The van der Waals surface area contributed by atoms with E-state index in [1.54, 1.807) is 42.5 Å². The zero-order valence-corrected chi connectivity index (χ0v) is 17.9. The van der Waals surface area contributed by atoms with Gasteiger partial charge in [0.05, 0.1) is 11.3 Å². The number of carbonyl (C=O) groups excluding carboxylic acids is 1. The molecule has 1 heterocycles. The first-order valence-corrected chi connectivity index (χ1v) is 10.9. The SMILES string of the molecule is NCCc1ccc(-c2csc(NC(=O)c3ccccc3-c3ccccc3C(=O)O)n2)cc1. The van der Waals surface area contributed by atoms with Crippen molar-refractivity contribution in [1.82, 2.24) is 4.98 Å². The number of thiazole rings is 1. The minimum absolute atomic E-state index is 0.141. The van der Waals surface area contributed by atoms with Gasteiger partial charge in [-0.2, -0.15) is 0 Å². The number of rotatable bonds is 7. The molecule has 0 spiro atoms. The topological polar surface area (TPSA) is 105 Å². The number of aromatic carboxylic acids is 1. The number of nitrogens with zero attached hydrogens (tertiary/aromatic N) is 1. The first-order valence-electron chi connectivity index (χ1n) is 10.0. The molecule has 0 aliphatic heterocycles. The number of hydrogen-bond donors (Lipinski definition) is 3. The number of hydrogen-bond acceptors (Lipinski definition) is 5. The van der Waals surface area contributed by atoms with Crippen LogP contribution in [0.25, 0.3) is 22.4 Å². The second-order valence-corrected chi connectivity index (χ2v) is 7.98. The Labute approximate surface area is 189 Å². The second-order valence-electron chi connectivity index (χ2n) is 7.12. The number of aromatic nitrogens is 1. The molecule has 7 heteroatoms. The predicted molar refractivity (Wildman–Crippen MR) is 127 cm³/mol. The highest BCUT2D eigenvalue weighted by atomic mass is 32.1. The fourth-order valence-corrected chi connectivity index (χ4v) is 4.17. The Morgan fingerprint density at radius 1 is 0.906 bits per heavy atom. The summed E-state index contributed by atoms with van der Waals surface area (Å²) in [5.74, 6) is -1.39. The van der Waals surface area contributed by atoms with E-state index >= 15 is 0 Å². The van der Waals surface area contributed by atoms with Gasteiger partial charge < -0.3 is 10.8 Å². The molecule has 4 N–H and O–H groups in total. The second kappa shape index (κ2) is 9.55. The van der Waals surface area contributed by atoms with E-state index in [1.807, 2.05) is 29.6 Å². The quantitative estimate of drug-likeness (QED) is 0.376. The van der Waals surface area contributed by atoms with E-state index in [0.717, 1.165) is 17.7 Å². The smallest absolute Gasteiger partial charge is 0.336 e. The van der Waals surface area contributed by atoms with Gasteiger partial charge >= 0.3 is 5.97 Å². The first kappa shape index (κ1) is 21.4. The van der Waals surface area contributed by atoms with Gasteiger partial charge in [0, 0.05) is 16.5 Å². The lowest BCUT2D eigenvalue weighted by molar-refractivity contribution is 0.0697. The fraction of sp³-hybridized carbons (Fsp3) is 0.0800. The molecule has 0 bridgehead atoms. The minimum atomic E-state index is -1.04. The van der Waals surface area contributed by atoms with Crippen molar-refractivity contribution in [2.24, 2.45) is 5.73 Å². The number of carboxylic acid groups (broad SMARTS) is 1. The Balaban J connectivity index is 1.58. The lowest BCUT2D eigenvalue weighted by Gasteiger charge is -2.11. The van der Waals surface area contributed by atoms with Crippen LogP contribution in [0.15, 0.2) is 78.2 Å². The summed E-state index contributed by atoms with van der Waals surface area (Å²) < 4.78 is 0. The van der Waals surface area contributed by atoms with E-state index in [0.29, 0.717) is 28.4 Å². The van der Waals surface area contributed by atoms with Gasteiger partial charge in [0.1, 0.15) is 0 Å². The lowest BCUT2D eigenvalue weighted by atomic mass is 9.95. The van der Waals surface area contributed by atoms with Gasteiger partial charge in [-0.15, -0.1) is 11.3 Å². The maximum absolute atomic E-state index is 13.0. The van der Waals surface area contributed by atoms with Gasteiger partial charge in [0.25, 0.3) is 5.91 Å². The third-order valence-electron chi connectivity index (χ3n) is 5.03. The molecule has 1 amide bonds. The number of benzene rings is 3. The Morgan fingerprint density at radius 3 is 2.19 bits per heavy atom. The van der Waals surface area contributed by atoms with E-state index in [1.165, 1.54) is 23.0 Å². The van der Waals surface area contributed by atoms with Gasteiger partial charge in [-0.05, 0) is 41.8 Å². The van der Waals surface area contributed by atoms with E-state index in [4.69, 9.17) is 5.73 Å². The lowest BCUT2D eigenvalue weighted by Crippen LogP contribution is -2.13. The van der Waals surface area contributed by atoms with Crippen LogP contribution in [-0.4, -0.2) is 28.5 Å². The molecule has 0 aliphatic carbocycles. The molecular formula is C25H21N3O3S. The van der Waals surface area contributed by atoms with Crippen molar-refractivity contribution >= 4 is 28.3 Å². The molecule has 160 valence electrons. The highest BCUT2D eigenvalue weighted by Gasteiger charge is 2.18. The maximum atomic E-state index is 13.0. The third kappa shape index (κ3) is 4.59. The molecular weight excluding hydrogens is 422 g/mol. The molecule has 0 fully saturated rings. The molecule has 4 aromatic rings. The zero-order valence-electron chi connectivity index (χ0n) is 17.1. The summed E-state index contributed by atoms with van der Waals surface area (Å²) >= 11 is 1.33. The number of carboxylic acids is 1. The molecule has 0 saturated carbocycles. The molecule has 6 nitrogen and oxygen atoms in total. The van der Waals surface area contributed by atoms with Crippen LogP contribution in [0.5, 0.6) is 0 Å². The average Bonchev–Trinajstić information content (AvgIpc) is 3.28. The summed E-state index contributed by atoms with van der Waals surface area (Å²) in [5, 5.41) is 14.7. The van der Waals surface area contributed by atoms with Gasteiger partial charge in [-0.25, -0.2) is 9.78 Å². The maximum Gasteiger partial charge on any atom is 0.336 e. The van der Waals surface area contributed by atoms with Crippen LogP contribution in [0, 0.1) is 0 Å². The number of amides is 1. The zero-order chi connectivity index (χ0) is 22.5. The monoisotopic (exact) mass is 443 g/mol. The van der Waals surface area contributed by atoms with Crippen LogP contribution in [0.1, 0.15) is 26.3 Å². The summed E-state index contributed by atoms with van der Waals surface area (Å²) in [4.78, 5) is 29.2. The summed E-state index contributed by atoms with van der Waals surface area (Å²) in [5.41, 5.74) is 10.1. The number of nitrogens with two attached hydrogens (primary N) is 1. The van der Waals surface area contributed by atoms with Gasteiger partial charge in [0.2, 0.25) is 0 Å². The van der Waals surface area contributed by atoms with E-state index in [9.17, 15) is 14.7 Å². The van der Waals surface area contributed by atoms with Crippen molar-refractivity contribution in [2.45, 2.75) is 6.42 Å². The van der Waals surface area contributed by atoms with Crippen LogP contribution < -0.4 is 11.1 Å². The first-order chi connectivity index (χ1) is 15.6. The number of anilines is 1. The van der Waals surface area contributed by atoms with Crippen LogP contribution in [-0.2, 0) is 6.42 Å². The highest BCUT2D eigenvalue weighted by Crippen LogP contribution is 2.29. The van der Waals surface area contributed by atoms with Crippen LogP contribution >= 0.6 is 11.3 Å². The summed E-state index contributed by atoms with van der Waals surface area (Å²) in [6.45, 7) is 0.602. The van der Waals surface area contributed by atoms with E-state index < -0.39 is 5.97 Å². The highest BCUT2D eigenvalue weighted by molar-refractivity contribution is 7.14. The van der Waals surface area contributed by atoms with Crippen LogP contribution in [0.4, 0.5) is 5.13 Å². The Morgan fingerprint density at radius 2 is 1.53 bits per heavy atom. The molecule has 4 rings (SSSR count). The van der Waals surface area contributed by atoms with Crippen LogP contribution in [0.2, 0.25) is 0 Å². The molecule has 0 radical (unpaired) electrons. The van der Waals surface area contributed by atoms with Crippen molar-refractivity contribution in [3.05, 3.63) is 94.9 Å². The van der Waals surface area contributed by atoms with Gasteiger partial charge in [0.15, 0.2) is 5.13 Å². The van der Waals surface area contributed by atoms with Gasteiger partial charge in [-0.3, -0.25) is 10.1 Å². The summed E-state index contributed by atoms with van der Waals surface area (Å²) in [6, 6.07) is 21.6. The van der Waals surface area contributed by atoms with Crippen molar-refractivity contribution in [3.63, 3.8) is 0 Å². The van der Waals surface area contributed by atoms with Gasteiger partial charge in [-0.1, -0.05) is 60.7 Å². The largest absolute Gasteiger partial charge is 0.478 e. The van der Waals surface area contributed by atoms with E-state index in [2.05, 4.69) is 10.3 Å². The van der Waals surface area contributed by atoms with Crippen molar-refractivity contribution in [1.29, 1.82) is 0 Å². The van der Waals surface area contributed by atoms with Crippen molar-refractivity contribution < 1.29 is 14.7 Å². The molecule has 0 aliphatic rings.